The van der Waals surface area contributed by atoms with Gasteiger partial charge in [0.25, 0.3) is 0 Å². The van der Waals surface area contributed by atoms with Crippen LogP contribution in [0.1, 0.15) is 48.9 Å². The molecule has 0 bridgehead atoms. The van der Waals surface area contributed by atoms with E-state index in [0.29, 0.717) is 39.0 Å². The molecule has 0 aliphatic carbocycles. The van der Waals surface area contributed by atoms with Crippen LogP contribution in [-0.2, 0) is 26.5 Å². The van der Waals surface area contributed by atoms with Crippen LogP contribution in [0.4, 0.5) is 4.39 Å². The Bertz CT molecular complexity index is 2720. The van der Waals surface area contributed by atoms with E-state index in [9.17, 15) is 5.76 Å². The van der Waals surface area contributed by atoms with Crippen LogP contribution < -0.4 is 5.19 Å². The Morgan fingerprint density at radius 1 is 0.849 bits per heavy atom. The van der Waals surface area contributed by atoms with Gasteiger partial charge in [-0.05, 0) is 63.4 Å². The van der Waals surface area contributed by atoms with Gasteiger partial charge in [-0.25, -0.2) is 0 Å². The number of rotatable bonds is 7. The van der Waals surface area contributed by atoms with E-state index in [1.807, 2.05) is 73.8 Å². The molecule has 4 nitrogen and oxygen atoms in total. The largest absolute Gasteiger partial charge is 0.486 e. The number of furan rings is 1. The Kier molecular flexibility index (Phi) is 9.35. The molecular formula is C46H40FIrN3OSi-2. The summed E-state index contributed by atoms with van der Waals surface area (Å²) in [6.45, 7) is 6.54. The van der Waals surface area contributed by atoms with Crippen molar-refractivity contribution in [1.82, 2.24) is 15.0 Å². The molecule has 0 N–H and O–H groups in total. The van der Waals surface area contributed by atoms with Gasteiger partial charge in [-0.15, -0.1) is 53.6 Å². The maximum absolute atomic E-state index is 13.5. The predicted octanol–water partition coefficient (Wildman–Crippen LogP) is 11.1. The zero-order valence-corrected chi connectivity index (χ0v) is 33.1. The minimum Gasteiger partial charge on any atom is -0.486 e. The van der Waals surface area contributed by atoms with Gasteiger partial charge in [0.1, 0.15) is 0 Å². The Balaban J connectivity index is 0.000000195. The van der Waals surface area contributed by atoms with E-state index in [4.69, 9.17) is 11.3 Å². The molecule has 0 saturated heterocycles. The molecule has 0 fully saturated rings. The van der Waals surface area contributed by atoms with Crippen molar-refractivity contribution in [3.63, 3.8) is 0 Å². The van der Waals surface area contributed by atoms with Crippen molar-refractivity contribution in [2.24, 2.45) is 0 Å². The minimum absolute atomic E-state index is 0. The first-order valence-corrected chi connectivity index (χ1v) is 20.5. The van der Waals surface area contributed by atoms with Crippen LogP contribution in [-0.4, -0.2) is 23.0 Å². The fraction of sp³-hybridized carbons (Fsp3) is 0.152. The molecular weight excluding hydrogens is 850 g/mol. The van der Waals surface area contributed by atoms with Crippen LogP contribution in [0.5, 0.6) is 0 Å². The summed E-state index contributed by atoms with van der Waals surface area (Å²) in [5.74, 6) is -1.54. The first kappa shape index (κ1) is 30.4. The molecule has 8 rings (SSSR count). The summed E-state index contributed by atoms with van der Waals surface area (Å²) in [5.41, 5.74) is 6.39. The van der Waals surface area contributed by atoms with Crippen molar-refractivity contribution in [2.45, 2.75) is 45.7 Å². The van der Waals surface area contributed by atoms with Gasteiger partial charge in [-0.1, -0.05) is 117 Å². The van der Waals surface area contributed by atoms with Crippen LogP contribution in [0.3, 0.4) is 0 Å². The van der Waals surface area contributed by atoms with Crippen LogP contribution >= 0.6 is 0 Å². The van der Waals surface area contributed by atoms with Crippen molar-refractivity contribution >= 4 is 35.3 Å². The van der Waals surface area contributed by atoms with Crippen LogP contribution in [0.2, 0.25) is 19.6 Å². The summed E-state index contributed by atoms with van der Waals surface area (Å²) in [6, 6.07) is 41.7. The molecule has 53 heavy (non-hydrogen) atoms. The van der Waals surface area contributed by atoms with E-state index in [-0.39, 0.29) is 31.4 Å². The molecule has 0 spiro atoms. The van der Waals surface area contributed by atoms with E-state index in [1.165, 1.54) is 12.1 Å². The van der Waals surface area contributed by atoms with Gasteiger partial charge in [0, 0.05) is 52.0 Å². The second-order valence-electron chi connectivity index (χ2n) is 13.5. The average molecular weight is 896 g/mol. The number of aromatic nitrogens is 3. The number of nitrogens with zero attached hydrogens (tertiary/aromatic N) is 3. The average Bonchev–Trinajstić information content (AvgIpc) is 3.59. The molecule has 1 atom stereocenters. The summed E-state index contributed by atoms with van der Waals surface area (Å²) in [6.07, 6.45) is 1.78. The maximum Gasteiger partial charge on any atom is 0.218 e. The van der Waals surface area contributed by atoms with Gasteiger partial charge in [0.15, 0.2) is 0 Å². The smallest absolute Gasteiger partial charge is 0.218 e. The van der Waals surface area contributed by atoms with E-state index in [1.54, 1.807) is 54.7 Å². The van der Waals surface area contributed by atoms with E-state index >= 15 is 0 Å². The Morgan fingerprint density at radius 2 is 1.62 bits per heavy atom. The normalized spacial score (nSPS) is 14.6. The molecule has 1 unspecified atom stereocenters. The summed E-state index contributed by atoms with van der Waals surface area (Å²) in [7, 11) is -1.75. The number of hydrogen-bond acceptors (Lipinski definition) is 4. The van der Waals surface area contributed by atoms with Gasteiger partial charge in [0.2, 0.25) is 11.7 Å². The van der Waals surface area contributed by atoms with E-state index in [2.05, 4.69) is 46.7 Å². The molecule has 0 aliphatic rings. The first-order chi connectivity index (χ1) is 27.4. The molecule has 4 aromatic carbocycles. The van der Waals surface area contributed by atoms with Crippen molar-refractivity contribution in [3.8, 4) is 22.5 Å². The van der Waals surface area contributed by atoms with Crippen LogP contribution in [0.15, 0.2) is 138 Å². The molecule has 1 radical (unpaired) electrons. The summed E-state index contributed by atoms with van der Waals surface area (Å²) >= 11 is 0. The molecule has 4 aromatic heterocycles. The Hall–Kier alpha value is -5.07. The Labute approximate surface area is 334 Å². The first-order valence-electron chi connectivity index (χ1n) is 20.0. The van der Waals surface area contributed by atoms with E-state index in [0.717, 1.165) is 27.3 Å². The molecule has 0 amide bonds. The summed E-state index contributed by atoms with van der Waals surface area (Å²) in [4.78, 5) is 12.9. The SMILES string of the molecule is [2H]C([2H])([2H])c1c[c-]c(-c2cc(C([2H])(C)c3ccccc3)c([Si](C)(C)C)cn2)cc1.[2H]C([2H])(c1ccccc1)c1ccnc(-c2[c-]ccc3c2oc2nc(F)ccc23)c1.[Ir]. The number of benzene rings is 4. The van der Waals surface area contributed by atoms with Gasteiger partial charge < -0.3 is 14.4 Å². The van der Waals surface area contributed by atoms with Crippen molar-refractivity contribution in [1.29, 1.82) is 0 Å². The van der Waals surface area contributed by atoms with Crippen LogP contribution in [0.25, 0.3) is 44.6 Å². The third-order valence-electron chi connectivity index (χ3n) is 8.75. The van der Waals surface area contributed by atoms with Gasteiger partial charge >= 0.3 is 0 Å². The Morgan fingerprint density at radius 3 is 2.34 bits per heavy atom. The number of pyridine rings is 3. The van der Waals surface area contributed by atoms with Gasteiger partial charge in [-0.3, -0.25) is 0 Å². The number of hydrogen-bond donors (Lipinski definition) is 0. The fourth-order valence-electron chi connectivity index (χ4n) is 6.06. The molecule has 4 heterocycles. The zero-order chi connectivity index (χ0) is 41.5. The molecule has 8 aromatic rings. The number of halogens is 1. The second kappa shape index (κ2) is 16.3. The summed E-state index contributed by atoms with van der Waals surface area (Å²) in [5, 5.41) is 2.63. The minimum atomic E-state index is -2.15. The zero-order valence-electron chi connectivity index (χ0n) is 35.7. The summed E-state index contributed by atoms with van der Waals surface area (Å²) < 4.78 is 68.3. The molecule has 0 saturated carbocycles. The standard InChI is InChI=1S/C23H14FN2O.C23H26NSi.Ir/c24-21-10-9-18-17-7-4-8-19(22(17)27-23(18)26-21)20-14-16(11-12-25-20)13-15-5-2-1-3-6-15;1-17-11-13-20(14-12-17)22-15-21(23(16-24-22)25(3,4)5)18(2)19-9-7-6-8-10-19;/h1-7,9-12,14H,13H2;6-13,15-16,18H,1-5H3;/q2*-1;/i13D2;1D3,18D;. The van der Waals surface area contributed by atoms with Gasteiger partial charge in [0.05, 0.1) is 13.7 Å². The van der Waals surface area contributed by atoms with Crippen molar-refractivity contribution in [2.75, 3.05) is 0 Å². The van der Waals surface area contributed by atoms with Crippen molar-refractivity contribution in [3.05, 3.63) is 180 Å². The van der Waals surface area contributed by atoms with Crippen LogP contribution in [0, 0.1) is 24.9 Å². The predicted molar refractivity (Wildman–Crippen MR) is 213 cm³/mol. The third kappa shape index (κ3) is 8.60. The molecule has 0 aliphatic heterocycles. The topological polar surface area (TPSA) is 51.8 Å². The third-order valence-corrected chi connectivity index (χ3v) is 10.8. The molecule has 7 heteroatoms. The maximum atomic E-state index is 13.5. The van der Waals surface area contributed by atoms with E-state index < -0.39 is 33.1 Å². The van der Waals surface area contributed by atoms with Crippen molar-refractivity contribution < 1.29 is 37.1 Å². The monoisotopic (exact) mass is 896 g/mol. The second-order valence-corrected chi connectivity index (χ2v) is 18.5. The number of fused-ring (bicyclic) bond motifs is 3. The number of aryl methyl sites for hydroxylation is 1. The molecule has 267 valence electrons. The fourth-order valence-corrected chi connectivity index (χ4v) is 7.58. The van der Waals surface area contributed by atoms with Gasteiger partial charge in [-0.2, -0.15) is 9.37 Å². The quantitative estimate of drug-likeness (QED) is 0.0909.